The van der Waals surface area contributed by atoms with Gasteiger partial charge < -0.3 is 20.1 Å². The molecule has 0 fully saturated rings. The highest BCUT2D eigenvalue weighted by atomic mass is 16.5. The molecule has 0 saturated carbocycles. The predicted molar refractivity (Wildman–Crippen MR) is 65.8 cm³/mol. The van der Waals surface area contributed by atoms with Crippen molar-refractivity contribution in [3.8, 4) is 17.2 Å². The van der Waals surface area contributed by atoms with Crippen molar-refractivity contribution < 1.29 is 24.9 Å². The molecule has 1 unspecified atom stereocenters. The fourth-order valence-electron chi connectivity index (χ4n) is 1.61. The highest BCUT2D eigenvalue weighted by Gasteiger charge is 2.17. The van der Waals surface area contributed by atoms with Crippen LogP contribution in [0.4, 0.5) is 0 Å². The van der Waals surface area contributed by atoms with E-state index < -0.39 is 23.2 Å². The standard InChI is InChI=1S/C13H18O5/c1-3-5-9(4-2)18-13(17)8-6-10(14)12(16)11(15)7-8/h6-7,9,14-16H,3-5H2,1-2H3. The first kappa shape index (κ1) is 14.2. The van der Waals surface area contributed by atoms with E-state index in [4.69, 9.17) is 4.74 Å². The number of aromatic hydroxyl groups is 3. The van der Waals surface area contributed by atoms with Crippen molar-refractivity contribution in [3.63, 3.8) is 0 Å². The van der Waals surface area contributed by atoms with Crippen LogP contribution >= 0.6 is 0 Å². The summed E-state index contributed by atoms with van der Waals surface area (Å²) in [6, 6.07) is 2.13. The highest BCUT2D eigenvalue weighted by Crippen LogP contribution is 2.35. The van der Waals surface area contributed by atoms with Crippen LogP contribution in [-0.2, 0) is 4.74 Å². The first-order valence-electron chi connectivity index (χ1n) is 5.95. The zero-order valence-electron chi connectivity index (χ0n) is 10.5. The molecule has 0 aromatic heterocycles. The molecule has 0 spiro atoms. The molecule has 0 radical (unpaired) electrons. The van der Waals surface area contributed by atoms with E-state index in [0.717, 1.165) is 25.0 Å². The quantitative estimate of drug-likeness (QED) is 0.555. The third kappa shape index (κ3) is 3.29. The Morgan fingerprint density at radius 1 is 1.22 bits per heavy atom. The first-order chi connectivity index (χ1) is 8.49. The third-order valence-electron chi connectivity index (χ3n) is 2.65. The van der Waals surface area contributed by atoms with Crippen LogP contribution in [0.3, 0.4) is 0 Å². The maximum atomic E-state index is 11.8. The zero-order chi connectivity index (χ0) is 13.7. The van der Waals surface area contributed by atoms with E-state index in [1.807, 2.05) is 13.8 Å². The molecule has 1 aromatic carbocycles. The molecule has 1 atom stereocenters. The maximum absolute atomic E-state index is 11.8. The Morgan fingerprint density at radius 3 is 2.22 bits per heavy atom. The van der Waals surface area contributed by atoms with Crippen LogP contribution in [0.2, 0.25) is 0 Å². The topological polar surface area (TPSA) is 87.0 Å². The molecular weight excluding hydrogens is 236 g/mol. The van der Waals surface area contributed by atoms with Gasteiger partial charge in [-0.1, -0.05) is 20.3 Å². The van der Waals surface area contributed by atoms with Crippen molar-refractivity contribution in [1.82, 2.24) is 0 Å². The van der Waals surface area contributed by atoms with Crippen LogP contribution < -0.4 is 0 Å². The maximum Gasteiger partial charge on any atom is 0.338 e. The second kappa shape index (κ2) is 6.14. The van der Waals surface area contributed by atoms with E-state index in [-0.39, 0.29) is 11.7 Å². The molecule has 0 heterocycles. The van der Waals surface area contributed by atoms with Gasteiger partial charge in [0.25, 0.3) is 0 Å². The van der Waals surface area contributed by atoms with Gasteiger partial charge in [0.05, 0.1) is 5.56 Å². The van der Waals surface area contributed by atoms with Gasteiger partial charge in [0.1, 0.15) is 6.10 Å². The van der Waals surface area contributed by atoms with Gasteiger partial charge in [-0.15, -0.1) is 0 Å². The molecule has 18 heavy (non-hydrogen) atoms. The van der Waals surface area contributed by atoms with Crippen molar-refractivity contribution >= 4 is 5.97 Å². The number of carbonyl (C=O) groups is 1. The Labute approximate surface area is 106 Å². The minimum atomic E-state index is -0.646. The SMILES string of the molecule is CCCC(CC)OC(=O)c1cc(O)c(O)c(O)c1. The lowest BCUT2D eigenvalue weighted by molar-refractivity contribution is 0.0270. The number of phenols is 3. The Morgan fingerprint density at radius 2 is 1.78 bits per heavy atom. The van der Waals surface area contributed by atoms with Gasteiger partial charge in [0.15, 0.2) is 17.2 Å². The van der Waals surface area contributed by atoms with Gasteiger partial charge >= 0.3 is 5.97 Å². The first-order valence-corrected chi connectivity index (χ1v) is 5.95. The van der Waals surface area contributed by atoms with Crippen LogP contribution in [0.25, 0.3) is 0 Å². The molecule has 3 N–H and O–H groups in total. The number of phenolic OH excluding ortho intramolecular Hbond substituents is 3. The van der Waals surface area contributed by atoms with E-state index in [1.54, 1.807) is 0 Å². The summed E-state index contributed by atoms with van der Waals surface area (Å²) in [5, 5.41) is 27.8. The Hall–Kier alpha value is -1.91. The molecule has 0 saturated heterocycles. The number of hydrogen-bond acceptors (Lipinski definition) is 5. The van der Waals surface area contributed by atoms with Gasteiger partial charge in [-0.3, -0.25) is 0 Å². The van der Waals surface area contributed by atoms with Crippen LogP contribution in [-0.4, -0.2) is 27.4 Å². The summed E-state index contributed by atoms with van der Waals surface area (Å²) in [4.78, 5) is 11.8. The minimum Gasteiger partial charge on any atom is -0.504 e. The molecule has 0 aliphatic heterocycles. The summed E-state index contributed by atoms with van der Waals surface area (Å²) >= 11 is 0. The summed E-state index contributed by atoms with van der Waals surface area (Å²) in [5.74, 6) is -2.37. The summed E-state index contributed by atoms with van der Waals surface area (Å²) in [6.07, 6.45) is 2.19. The molecule has 5 nitrogen and oxygen atoms in total. The Kier molecular flexibility index (Phi) is 4.83. The van der Waals surface area contributed by atoms with Crippen LogP contribution in [0.5, 0.6) is 17.2 Å². The van der Waals surface area contributed by atoms with Crippen molar-refractivity contribution in [2.45, 2.75) is 39.2 Å². The van der Waals surface area contributed by atoms with Crippen molar-refractivity contribution in [2.24, 2.45) is 0 Å². The van der Waals surface area contributed by atoms with E-state index in [0.29, 0.717) is 6.42 Å². The summed E-state index contributed by atoms with van der Waals surface area (Å²) < 4.78 is 5.23. The molecule has 0 bridgehead atoms. The highest BCUT2D eigenvalue weighted by molar-refractivity contribution is 5.91. The minimum absolute atomic E-state index is 0.0114. The van der Waals surface area contributed by atoms with Crippen molar-refractivity contribution in [3.05, 3.63) is 17.7 Å². The van der Waals surface area contributed by atoms with E-state index >= 15 is 0 Å². The number of rotatable bonds is 5. The molecule has 0 amide bonds. The van der Waals surface area contributed by atoms with E-state index in [2.05, 4.69) is 0 Å². The van der Waals surface area contributed by atoms with Gasteiger partial charge in [-0.05, 0) is 25.0 Å². The van der Waals surface area contributed by atoms with Crippen LogP contribution in [0, 0.1) is 0 Å². The number of benzene rings is 1. The second-order valence-electron chi connectivity index (χ2n) is 4.09. The van der Waals surface area contributed by atoms with Crippen molar-refractivity contribution in [1.29, 1.82) is 0 Å². The number of ether oxygens (including phenoxy) is 1. The monoisotopic (exact) mass is 254 g/mol. The second-order valence-corrected chi connectivity index (χ2v) is 4.09. The predicted octanol–water partition coefficient (Wildman–Crippen LogP) is 2.54. The molecule has 100 valence electrons. The summed E-state index contributed by atoms with van der Waals surface area (Å²) in [6.45, 7) is 3.91. The molecular formula is C13H18O5. The Balaban J connectivity index is 2.84. The molecule has 1 rings (SSSR count). The molecule has 0 aliphatic carbocycles. The normalized spacial score (nSPS) is 12.1. The van der Waals surface area contributed by atoms with Crippen LogP contribution in [0.15, 0.2) is 12.1 Å². The molecule has 0 aliphatic rings. The number of hydrogen-bond donors (Lipinski definition) is 3. The summed E-state index contributed by atoms with van der Waals surface area (Å²) in [7, 11) is 0. The smallest absolute Gasteiger partial charge is 0.338 e. The van der Waals surface area contributed by atoms with Gasteiger partial charge in [-0.25, -0.2) is 4.79 Å². The average molecular weight is 254 g/mol. The fourth-order valence-corrected chi connectivity index (χ4v) is 1.61. The lowest BCUT2D eigenvalue weighted by atomic mass is 10.1. The van der Waals surface area contributed by atoms with E-state index in [9.17, 15) is 20.1 Å². The lowest BCUT2D eigenvalue weighted by Gasteiger charge is -2.15. The zero-order valence-corrected chi connectivity index (χ0v) is 10.5. The number of carbonyl (C=O) groups excluding carboxylic acids is 1. The number of esters is 1. The van der Waals surface area contributed by atoms with Crippen molar-refractivity contribution in [2.75, 3.05) is 0 Å². The largest absolute Gasteiger partial charge is 0.504 e. The fraction of sp³-hybridized carbons (Fsp3) is 0.462. The van der Waals surface area contributed by atoms with E-state index in [1.165, 1.54) is 0 Å². The molecule has 5 heteroatoms. The van der Waals surface area contributed by atoms with Gasteiger partial charge in [-0.2, -0.15) is 0 Å². The summed E-state index contributed by atoms with van der Waals surface area (Å²) in [5.41, 5.74) is 0.0114. The van der Waals surface area contributed by atoms with Crippen LogP contribution in [0.1, 0.15) is 43.5 Å². The molecule has 1 aromatic rings. The average Bonchev–Trinajstić information content (AvgIpc) is 2.34. The lowest BCUT2D eigenvalue weighted by Crippen LogP contribution is -2.17. The Bertz CT molecular complexity index is 404. The third-order valence-corrected chi connectivity index (χ3v) is 2.65. The van der Waals surface area contributed by atoms with Gasteiger partial charge in [0.2, 0.25) is 0 Å². The van der Waals surface area contributed by atoms with Gasteiger partial charge in [0, 0.05) is 0 Å².